The van der Waals surface area contributed by atoms with Gasteiger partial charge >= 0.3 is 16.4 Å². The third-order valence-corrected chi connectivity index (χ3v) is 15.5. The van der Waals surface area contributed by atoms with Gasteiger partial charge in [-0.25, -0.2) is 4.79 Å². The van der Waals surface area contributed by atoms with E-state index in [0.717, 1.165) is 12.1 Å². The van der Waals surface area contributed by atoms with Crippen LogP contribution in [-0.4, -0.2) is 204 Å². The van der Waals surface area contributed by atoms with Crippen LogP contribution >= 0.6 is 11.6 Å². The Morgan fingerprint density at radius 3 is 2.15 bits per heavy atom. The molecule has 4 aromatic carbocycles. The topological polar surface area (TPSA) is 401 Å². The summed E-state index contributed by atoms with van der Waals surface area (Å²) in [6.07, 6.45) is -18.5. The number of nitrogens with one attached hydrogen (secondary N) is 1. The van der Waals surface area contributed by atoms with Crippen LogP contribution in [0.1, 0.15) is 66.9 Å². The molecule has 3 aliphatic heterocycles. The largest absolute Gasteiger partial charge is 0.501 e. The van der Waals surface area contributed by atoms with Crippen molar-refractivity contribution >= 4 is 67.1 Å². The number of carboxylic acids is 1. The average Bonchev–Trinajstić information content (AvgIpc) is 1.82. The first kappa shape index (κ1) is 64.0. The monoisotopic (exact) mass is 1230 g/mol. The van der Waals surface area contributed by atoms with Crippen molar-refractivity contribution in [1.82, 2.24) is 9.88 Å². The van der Waals surface area contributed by atoms with Crippen molar-refractivity contribution in [3.63, 3.8) is 0 Å². The molecule has 0 radical (unpaired) electrons. The van der Waals surface area contributed by atoms with E-state index in [2.05, 4.69) is 15.0 Å². The molecular weight excluding hydrogens is 1160 g/mol. The number of nitrogens with zero attached hydrogens (tertiary/aromatic N) is 5. The molecule has 2 amide bonds. The van der Waals surface area contributed by atoms with Crippen LogP contribution in [0.2, 0.25) is 0 Å². The summed E-state index contributed by atoms with van der Waals surface area (Å²) in [5.74, 6) is -4.71. The number of aromatic amines is 1. The van der Waals surface area contributed by atoms with Crippen molar-refractivity contribution < 1.29 is 105 Å². The molecular formula is C55H67ClN6O22S. The smallest absolute Gasteiger partial charge is 0.497 e. The minimum absolute atomic E-state index is 0.00907. The van der Waals surface area contributed by atoms with Crippen LogP contribution in [0.25, 0.3) is 32.1 Å². The molecule has 0 bridgehead atoms. The van der Waals surface area contributed by atoms with Crippen LogP contribution in [0.4, 0.5) is 5.69 Å². The van der Waals surface area contributed by atoms with E-state index in [-0.39, 0.29) is 90.4 Å². The van der Waals surface area contributed by atoms with Gasteiger partial charge in [-0.1, -0.05) is 32.8 Å². The Bertz CT molecular complexity index is 3450. The summed E-state index contributed by atoms with van der Waals surface area (Å²) in [6, 6.07) is 13.8. The van der Waals surface area contributed by atoms with E-state index in [1.54, 1.807) is 13.0 Å². The fourth-order valence-electron chi connectivity index (χ4n) is 10.2. The number of aliphatic hydroxyl groups is 7. The fraction of sp³-hybridized carbons (Fsp3) is 0.509. The molecule has 462 valence electrons. The number of aromatic nitrogens is 1. The van der Waals surface area contributed by atoms with Crippen molar-refractivity contribution in [2.75, 3.05) is 71.0 Å². The maximum atomic E-state index is 14.9. The summed E-state index contributed by atoms with van der Waals surface area (Å²) in [4.78, 5) is 49.4. The molecule has 0 spiro atoms. The summed E-state index contributed by atoms with van der Waals surface area (Å²) in [5.41, 5.74) is 8.46. The number of carboxylic acid groups (broad SMARTS) is 1. The van der Waals surface area contributed by atoms with E-state index >= 15 is 0 Å². The Hall–Kier alpha value is -6.96. The van der Waals surface area contributed by atoms with Crippen LogP contribution in [0, 0.1) is 10.8 Å². The molecule has 4 heterocycles. The highest BCUT2D eigenvalue weighted by Gasteiger charge is 2.49. The lowest BCUT2D eigenvalue weighted by molar-refractivity contribution is -0.277. The van der Waals surface area contributed by atoms with E-state index < -0.39 is 124 Å². The molecule has 0 saturated carbocycles. The molecule has 5 aromatic rings. The van der Waals surface area contributed by atoms with Crippen LogP contribution in [-0.2, 0) is 29.4 Å². The number of aliphatic hydroxyl groups excluding tert-OH is 7. The molecule has 2 fully saturated rings. The Morgan fingerprint density at radius 1 is 0.824 bits per heavy atom. The average molecular weight is 1230 g/mol. The number of ether oxygens (including phenoxy) is 7. The van der Waals surface area contributed by atoms with Crippen molar-refractivity contribution in [3.8, 4) is 34.5 Å². The van der Waals surface area contributed by atoms with Crippen molar-refractivity contribution in [3.05, 3.63) is 87.9 Å². The van der Waals surface area contributed by atoms with Gasteiger partial charge < -0.3 is 97.2 Å². The lowest BCUT2D eigenvalue weighted by atomic mass is 9.92. The Morgan fingerprint density at radius 2 is 1.49 bits per heavy atom. The fourth-order valence-corrected chi connectivity index (χ4v) is 11.2. The lowest BCUT2D eigenvalue weighted by Gasteiger charge is -2.39. The molecule has 85 heavy (non-hydrogen) atoms. The SMILES string of the molecule is CCOc1cc2cc(C(=O)N3C[C@@H](CCl)c4c3cc(OS(=O)(=O)Oc3cc(C(=O)N(C)CC(C)(C)COCC(C)(C)CN=[N+]=[N-])ccc3O[C@@H]3O[C@H](CO)[C@@H](O)[C@H](O)[C@H]3O)c3ccc(OC)cc43)[nH]c2cc1OC1O[C@H](C(=O)O)[C@@H](O)[C@H](O)[C@H]1O. The van der Waals surface area contributed by atoms with Gasteiger partial charge in [0.1, 0.15) is 54.2 Å². The Labute approximate surface area is 491 Å². The second-order valence-electron chi connectivity index (χ2n) is 22.3. The molecule has 28 nitrogen and oxygen atoms in total. The van der Waals surface area contributed by atoms with Gasteiger partial charge in [-0.3, -0.25) is 9.59 Å². The highest BCUT2D eigenvalue weighted by atomic mass is 35.5. The van der Waals surface area contributed by atoms with Crippen LogP contribution in [0.5, 0.6) is 34.5 Å². The minimum Gasteiger partial charge on any atom is -0.497 e. The highest BCUT2D eigenvalue weighted by Crippen LogP contribution is 2.48. The van der Waals surface area contributed by atoms with Crippen LogP contribution in [0.3, 0.4) is 0 Å². The van der Waals surface area contributed by atoms with E-state index in [1.807, 2.05) is 27.7 Å². The summed E-state index contributed by atoms with van der Waals surface area (Å²) in [7, 11) is -2.44. The first-order valence-electron chi connectivity index (χ1n) is 26.6. The third kappa shape index (κ3) is 14.0. The predicted molar refractivity (Wildman–Crippen MR) is 300 cm³/mol. The number of azide groups is 1. The number of amides is 2. The molecule has 1 unspecified atom stereocenters. The van der Waals surface area contributed by atoms with Crippen LogP contribution in [0.15, 0.2) is 65.8 Å². The summed E-state index contributed by atoms with van der Waals surface area (Å²) in [5, 5.41) is 87.4. The van der Waals surface area contributed by atoms with Gasteiger partial charge in [-0.15, -0.1) is 20.0 Å². The zero-order valence-corrected chi connectivity index (χ0v) is 48.7. The molecule has 11 atom stereocenters. The number of carbonyl (C=O) groups is 3. The maximum Gasteiger partial charge on any atom is 0.501 e. The molecule has 8 rings (SSSR count). The van der Waals surface area contributed by atoms with Gasteiger partial charge in [-0.2, -0.15) is 0 Å². The minimum atomic E-state index is -5.36. The zero-order valence-electron chi connectivity index (χ0n) is 47.1. The molecule has 2 saturated heterocycles. The normalized spacial score (nSPS) is 24.3. The van der Waals surface area contributed by atoms with Gasteiger partial charge in [0.15, 0.2) is 34.9 Å². The van der Waals surface area contributed by atoms with E-state index in [9.17, 15) is 63.7 Å². The van der Waals surface area contributed by atoms with Crippen molar-refractivity contribution in [2.24, 2.45) is 15.9 Å². The first-order chi connectivity index (χ1) is 40.1. The summed E-state index contributed by atoms with van der Waals surface area (Å²) < 4.78 is 80.4. The van der Waals surface area contributed by atoms with Gasteiger partial charge in [-0.05, 0) is 77.4 Å². The quantitative estimate of drug-likeness (QED) is 0.0185. The van der Waals surface area contributed by atoms with Gasteiger partial charge in [0.2, 0.25) is 12.6 Å². The Balaban J connectivity index is 1.12. The number of alkyl halides is 1. The molecule has 9 N–H and O–H groups in total. The number of methoxy groups -OCH3 is 1. The zero-order chi connectivity index (χ0) is 62.0. The number of aliphatic carboxylic acids is 1. The first-order valence-corrected chi connectivity index (χ1v) is 28.5. The second-order valence-corrected chi connectivity index (χ2v) is 23.7. The number of benzene rings is 4. The van der Waals surface area contributed by atoms with Crippen molar-refractivity contribution in [2.45, 2.75) is 102 Å². The van der Waals surface area contributed by atoms with E-state index in [0.29, 0.717) is 22.1 Å². The maximum absolute atomic E-state index is 14.9. The van der Waals surface area contributed by atoms with Crippen LogP contribution < -0.4 is 32.2 Å². The van der Waals surface area contributed by atoms with E-state index in [1.165, 1.54) is 66.4 Å². The number of hydrogen-bond acceptors (Lipinski definition) is 22. The molecule has 0 aliphatic carbocycles. The Kier molecular flexibility index (Phi) is 19.5. The van der Waals surface area contributed by atoms with E-state index in [4.69, 9.17) is 58.7 Å². The third-order valence-electron chi connectivity index (χ3n) is 14.4. The molecule has 30 heteroatoms. The number of hydrogen-bond donors (Lipinski definition) is 9. The molecule has 1 aromatic heterocycles. The number of H-pyrrole nitrogens is 1. The predicted octanol–water partition coefficient (Wildman–Crippen LogP) is 3.31. The number of anilines is 1. The number of fused-ring (bicyclic) bond motifs is 4. The highest BCUT2D eigenvalue weighted by molar-refractivity contribution is 7.82. The molecule has 3 aliphatic rings. The number of carbonyl (C=O) groups excluding carboxylic acids is 2. The van der Waals surface area contributed by atoms with Crippen molar-refractivity contribution in [1.29, 1.82) is 0 Å². The van der Waals surface area contributed by atoms with Gasteiger partial charge in [0, 0.05) is 82.8 Å². The number of rotatable bonds is 24. The standard InChI is InChI=1S/C55H67ClN6O22S/c1-8-78-37-15-27-13-33(59-32(27)17-38(37)80-53-47(69)44(66)45(67)48(82-53)51(72)73)50(71)62-20-28(19-56)41-31-16-29(76-7)10-11-30(31)36(18-34(41)62)83-85(74,75)84-39-14-26(9-12-35(39)79-52-46(68)43(65)42(64)40(21-63)81-52)49(70)61(6)23-55(4,5)25-77-24-54(2,3)22-58-60-57/h9-18,28,40,42-48,52-53,59,63-69H,8,19-25H2,1-7H3,(H,72,73)/t28-,40-,42-,43+,44+,45+,46-,47-,48+,52-,53?/m1/s1. The second kappa shape index (κ2) is 25.9. The summed E-state index contributed by atoms with van der Waals surface area (Å²) in [6.45, 7) is 9.11. The van der Waals surface area contributed by atoms with Gasteiger partial charge in [0.25, 0.3) is 11.8 Å². The summed E-state index contributed by atoms with van der Waals surface area (Å²) >= 11 is 6.62. The van der Waals surface area contributed by atoms with Gasteiger partial charge in [0.05, 0.1) is 39.2 Å². The lowest BCUT2D eigenvalue weighted by Crippen LogP contribution is -2.61. The number of halogens is 1.